The van der Waals surface area contributed by atoms with Crippen molar-refractivity contribution < 1.29 is 14.3 Å². The first-order valence-corrected chi connectivity index (χ1v) is 10.1. The molecule has 0 saturated carbocycles. The summed E-state index contributed by atoms with van der Waals surface area (Å²) >= 11 is 7.64. The molecule has 144 valence electrons. The summed E-state index contributed by atoms with van der Waals surface area (Å²) in [5.41, 5.74) is 2.80. The Balaban J connectivity index is 1.54. The predicted octanol–water partition coefficient (Wildman–Crippen LogP) is 5.38. The molecule has 1 N–H and O–H groups in total. The fourth-order valence-corrected chi connectivity index (χ4v) is 4.02. The van der Waals surface area contributed by atoms with E-state index in [2.05, 4.69) is 5.32 Å². The molecule has 3 aromatic rings. The zero-order chi connectivity index (χ0) is 20.1. The van der Waals surface area contributed by atoms with E-state index in [9.17, 15) is 9.59 Å². The number of carbonyl (C=O) groups excluding carboxylic acids is 2. The average molecular weight is 414 g/mol. The Morgan fingerprint density at radius 3 is 2.54 bits per heavy atom. The first-order valence-electron chi connectivity index (χ1n) is 8.77. The molecule has 0 aliphatic rings. The number of nitrogens with one attached hydrogen (secondary N) is 1. The van der Waals surface area contributed by atoms with E-state index >= 15 is 0 Å². The molecule has 1 amide bonds. The molecule has 28 heavy (non-hydrogen) atoms. The van der Waals surface area contributed by atoms with Crippen LogP contribution in [-0.2, 0) is 14.3 Å². The second-order valence-corrected chi connectivity index (χ2v) is 7.76. The molecule has 0 unspecified atom stereocenters. The van der Waals surface area contributed by atoms with Crippen LogP contribution in [0.5, 0.6) is 0 Å². The predicted molar refractivity (Wildman–Crippen MR) is 115 cm³/mol. The number of benzene rings is 3. The first-order chi connectivity index (χ1) is 13.5. The lowest BCUT2D eigenvalue weighted by Gasteiger charge is -2.11. The van der Waals surface area contributed by atoms with Gasteiger partial charge in [0.05, 0.1) is 5.75 Å². The number of hydrogen-bond acceptors (Lipinski definition) is 4. The summed E-state index contributed by atoms with van der Waals surface area (Å²) in [5.74, 6) is -0.716. The molecular formula is C22H20ClNO3S. The Bertz CT molecular complexity index is 1030. The fraction of sp³-hybridized carbons (Fsp3) is 0.182. The second kappa shape index (κ2) is 9.13. The quantitative estimate of drug-likeness (QED) is 0.435. The minimum Gasteiger partial charge on any atom is -0.455 e. The molecule has 0 bridgehead atoms. The van der Waals surface area contributed by atoms with E-state index in [-0.39, 0.29) is 18.3 Å². The molecule has 0 aromatic heterocycles. The van der Waals surface area contributed by atoms with Crippen molar-refractivity contribution in [3.8, 4) is 0 Å². The smallest absolute Gasteiger partial charge is 0.316 e. The molecule has 3 aromatic carbocycles. The number of carbonyl (C=O) groups is 2. The minimum atomic E-state index is -0.454. The standard InChI is InChI=1S/C22H20ClNO3S/c1-14-6-3-10-18(15(14)2)24-20(25)12-27-21(26)13-28-19-11-5-8-16-7-4-9-17(23)22(16)19/h3-11H,12-13H2,1-2H3,(H,24,25). The highest BCUT2D eigenvalue weighted by molar-refractivity contribution is 8.00. The normalized spacial score (nSPS) is 10.7. The molecular weight excluding hydrogens is 394 g/mol. The van der Waals surface area contributed by atoms with Gasteiger partial charge in [-0.25, -0.2) is 0 Å². The summed E-state index contributed by atoms with van der Waals surface area (Å²) in [5, 5.41) is 5.34. The van der Waals surface area contributed by atoms with Crippen LogP contribution in [0.3, 0.4) is 0 Å². The molecule has 0 aliphatic heterocycles. The molecule has 0 spiro atoms. The van der Waals surface area contributed by atoms with Crippen LogP contribution in [0.4, 0.5) is 5.69 Å². The van der Waals surface area contributed by atoms with Crippen molar-refractivity contribution in [1.29, 1.82) is 0 Å². The Morgan fingerprint density at radius 2 is 1.75 bits per heavy atom. The number of esters is 1. The van der Waals surface area contributed by atoms with Crippen LogP contribution in [0.25, 0.3) is 10.8 Å². The van der Waals surface area contributed by atoms with E-state index in [1.807, 2.05) is 68.4 Å². The van der Waals surface area contributed by atoms with Crippen LogP contribution in [-0.4, -0.2) is 24.2 Å². The van der Waals surface area contributed by atoms with Gasteiger partial charge in [-0.2, -0.15) is 0 Å². The third-order valence-electron chi connectivity index (χ3n) is 4.40. The van der Waals surface area contributed by atoms with Crippen molar-refractivity contribution in [2.75, 3.05) is 17.7 Å². The first kappa shape index (κ1) is 20.2. The monoisotopic (exact) mass is 413 g/mol. The van der Waals surface area contributed by atoms with Gasteiger partial charge < -0.3 is 10.1 Å². The van der Waals surface area contributed by atoms with E-state index < -0.39 is 5.97 Å². The zero-order valence-electron chi connectivity index (χ0n) is 15.6. The van der Waals surface area contributed by atoms with Gasteiger partial charge in [0.25, 0.3) is 5.91 Å². The van der Waals surface area contributed by atoms with Gasteiger partial charge in [-0.3, -0.25) is 9.59 Å². The number of halogens is 1. The van der Waals surface area contributed by atoms with E-state index in [0.717, 1.165) is 32.5 Å². The minimum absolute atomic E-state index is 0.0983. The van der Waals surface area contributed by atoms with Crippen LogP contribution in [0.15, 0.2) is 59.5 Å². The van der Waals surface area contributed by atoms with Crippen LogP contribution in [0, 0.1) is 13.8 Å². The van der Waals surface area contributed by atoms with E-state index in [1.165, 1.54) is 11.8 Å². The summed E-state index contributed by atoms with van der Waals surface area (Å²) < 4.78 is 5.11. The van der Waals surface area contributed by atoms with E-state index in [4.69, 9.17) is 16.3 Å². The van der Waals surface area contributed by atoms with Gasteiger partial charge in [-0.15, -0.1) is 11.8 Å². The number of aryl methyl sites for hydroxylation is 1. The number of fused-ring (bicyclic) bond motifs is 1. The molecule has 6 heteroatoms. The van der Waals surface area contributed by atoms with Gasteiger partial charge in [0, 0.05) is 21.0 Å². The summed E-state index contributed by atoms with van der Waals surface area (Å²) in [6.45, 7) is 3.59. The molecule has 0 fully saturated rings. The SMILES string of the molecule is Cc1cccc(NC(=O)COC(=O)CSc2cccc3cccc(Cl)c23)c1C. The van der Waals surface area contributed by atoms with Gasteiger partial charge in [0.15, 0.2) is 6.61 Å². The van der Waals surface area contributed by atoms with Crippen LogP contribution < -0.4 is 5.32 Å². The van der Waals surface area contributed by atoms with Gasteiger partial charge >= 0.3 is 5.97 Å². The summed E-state index contributed by atoms with van der Waals surface area (Å²) in [4.78, 5) is 25.0. The van der Waals surface area contributed by atoms with Gasteiger partial charge in [0.1, 0.15) is 0 Å². The molecule has 0 saturated heterocycles. The maximum absolute atomic E-state index is 12.1. The molecule has 0 radical (unpaired) electrons. The van der Waals surface area contributed by atoms with E-state index in [0.29, 0.717) is 5.02 Å². The van der Waals surface area contributed by atoms with Crippen LogP contribution in [0.2, 0.25) is 5.02 Å². The number of hydrogen-bond donors (Lipinski definition) is 1. The van der Waals surface area contributed by atoms with Crippen LogP contribution in [0.1, 0.15) is 11.1 Å². The maximum atomic E-state index is 12.1. The molecule has 4 nitrogen and oxygen atoms in total. The average Bonchev–Trinajstić information content (AvgIpc) is 2.68. The van der Waals surface area contributed by atoms with Crippen molar-refractivity contribution in [3.05, 3.63) is 70.7 Å². The largest absolute Gasteiger partial charge is 0.455 e. The Kier molecular flexibility index (Phi) is 6.60. The Labute approximate surface area is 173 Å². The van der Waals surface area contributed by atoms with Gasteiger partial charge in [0.2, 0.25) is 0 Å². The fourth-order valence-electron chi connectivity index (χ4n) is 2.78. The highest BCUT2D eigenvalue weighted by Gasteiger charge is 2.12. The van der Waals surface area contributed by atoms with E-state index in [1.54, 1.807) is 0 Å². The lowest BCUT2D eigenvalue weighted by molar-refractivity contribution is -0.144. The van der Waals surface area contributed by atoms with Crippen molar-refractivity contribution >= 4 is 51.7 Å². The third-order valence-corrected chi connectivity index (χ3v) is 5.75. The lowest BCUT2D eigenvalue weighted by atomic mass is 10.1. The summed E-state index contributed by atoms with van der Waals surface area (Å²) in [6.07, 6.45) is 0. The number of amides is 1. The van der Waals surface area contributed by atoms with Crippen molar-refractivity contribution in [1.82, 2.24) is 0 Å². The number of anilines is 1. The Morgan fingerprint density at radius 1 is 1.04 bits per heavy atom. The highest BCUT2D eigenvalue weighted by atomic mass is 35.5. The topological polar surface area (TPSA) is 55.4 Å². The number of thioether (sulfide) groups is 1. The zero-order valence-corrected chi connectivity index (χ0v) is 17.2. The molecule has 0 aliphatic carbocycles. The van der Waals surface area contributed by atoms with Crippen molar-refractivity contribution in [2.24, 2.45) is 0 Å². The molecule has 3 rings (SSSR count). The molecule has 0 atom stereocenters. The Hall–Kier alpha value is -2.50. The number of rotatable bonds is 6. The highest BCUT2D eigenvalue weighted by Crippen LogP contribution is 2.33. The second-order valence-electron chi connectivity index (χ2n) is 6.34. The van der Waals surface area contributed by atoms with Crippen LogP contribution >= 0.6 is 23.4 Å². The van der Waals surface area contributed by atoms with Crippen molar-refractivity contribution in [2.45, 2.75) is 18.7 Å². The summed E-state index contributed by atoms with van der Waals surface area (Å²) in [7, 11) is 0. The van der Waals surface area contributed by atoms with Crippen molar-refractivity contribution in [3.63, 3.8) is 0 Å². The summed E-state index contributed by atoms with van der Waals surface area (Å²) in [6, 6.07) is 17.2. The maximum Gasteiger partial charge on any atom is 0.316 e. The molecule has 0 heterocycles. The van der Waals surface area contributed by atoms with Gasteiger partial charge in [-0.05, 0) is 48.6 Å². The third kappa shape index (κ3) is 4.86. The number of ether oxygens (including phenoxy) is 1. The van der Waals surface area contributed by atoms with Gasteiger partial charge in [-0.1, -0.05) is 48.0 Å². The lowest BCUT2D eigenvalue weighted by Crippen LogP contribution is -2.22.